The topological polar surface area (TPSA) is 105 Å². The monoisotopic (exact) mass is 410 g/mol. The molecular formula is C18H23FN4O4S. The number of nitrogens with one attached hydrogen (secondary N) is 2. The van der Waals surface area contributed by atoms with Crippen LogP contribution >= 0.6 is 11.8 Å². The first-order valence-electron chi connectivity index (χ1n) is 8.58. The number of amides is 2. The van der Waals surface area contributed by atoms with Crippen molar-refractivity contribution in [3.05, 3.63) is 47.5 Å². The van der Waals surface area contributed by atoms with Gasteiger partial charge in [0.2, 0.25) is 11.8 Å². The van der Waals surface area contributed by atoms with Crippen molar-refractivity contribution in [3.8, 4) is 0 Å². The van der Waals surface area contributed by atoms with Gasteiger partial charge in [0, 0.05) is 20.2 Å². The minimum atomic E-state index is -0.330. The van der Waals surface area contributed by atoms with Crippen LogP contribution in [0, 0.1) is 5.82 Å². The molecule has 152 valence electrons. The molecule has 0 aliphatic carbocycles. The van der Waals surface area contributed by atoms with Gasteiger partial charge < -0.3 is 25.0 Å². The van der Waals surface area contributed by atoms with Crippen LogP contribution in [0.5, 0.6) is 0 Å². The number of hydrogen-bond acceptors (Lipinski definition) is 6. The van der Waals surface area contributed by atoms with E-state index in [1.807, 2.05) is 0 Å². The van der Waals surface area contributed by atoms with Gasteiger partial charge in [0.05, 0.1) is 30.9 Å². The van der Waals surface area contributed by atoms with Gasteiger partial charge in [0.15, 0.2) is 5.16 Å². The fourth-order valence-electron chi connectivity index (χ4n) is 2.28. The van der Waals surface area contributed by atoms with E-state index in [9.17, 15) is 19.1 Å². The Bertz CT molecular complexity index is 782. The van der Waals surface area contributed by atoms with Gasteiger partial charge in [-0.3, -0.25) is 9.59 Å². The molecule has 2 amide bonds. The SMILES string of the molecule is COCCNC(=O)Cn1c(CO)cnc1SCC(=O)NCc1ccc(F)cc1. The second-order valence-corrected chi connectivity index (χ2v) is 6.75. The second-order valence-electron chi connectivity index (χ2n) is 5.81. The van der Waals surface area contributed by atoms with E-state index in [-0.39, 0.29) is 43.1 Å². The summed E-state index contributed by atoms with van der Waals surface area (Å²) >= 11 is 1.16. The molecule has 0 radical (unpaired) electrons. The predicted molar refractivity (Wildman–Crippen MR) is 102 cm³/mol. The van der Waals surface area contributed by atoms with E-state index >= 15 is 0 Å². The number of thioether (sulfide) groups is 1. The Morgan fingerprint density at radius 2 is 2.00 bits per heavy atom. The molecule has 0 spiro atoms. The molecule has 0 atom stereocenters. The van der Waals surface area contributed by atoms with Crippen LogP contribution < -0.4 is 10.6 Å². The van der Waals surface area contributed by atoms with Crippen LogP contribution in [-0.4, -0.2) is 52.5 Å². The van der Waals surface area contributed by atoms with Crippen LogP contribution in [0.15, 0.2) is 35.6 Å². The van der Waals surface area contributed by atoms with Gasteiger partial charge in [0.25, 0.3) is 0 Å². The first-order chi connectivity index (χ1) is 13.5. The standard InChI is InChI=1S/C18H23FN4O4S/c1-27-7-6-20-16(25)10-23-15(11-24)9-22-18(23)28-12-17(26)21-8-13-2-4-14(19)5-3-13/h2-5,9,24H,6-8,10-12H2,1H3,(H,20,25)(H,21,26). The molecule has 0 fully saturated rings. The van der Waals surface area contributed by atoms with Crippen molar-refractivity contribution in [1.29, 1.82) is 0 Å². The van der Waals surface area contributed by atoms with Crippen molar-refractivity contribution in [2.45, 2.75) is 24.9 Å². The maximum Gasteiger partial charge on any atom is 0.240 e. The predicted octanol–water partition coefficient (Wildman–Crippen LogP) is 0.686. The number of rotatable bonds is 11. The van der Waals surface area contributed by atoms with E-state index in [2.05, 4.69) is 15.6 Å². The molecule has 0 saturated heterocycles. The molecule has 0 saturated carbocycles. The summed E-state index contributed by atoms with van der Waals surface area (Å²) in [4.78, 5) is 28.2. The Labute approximate surface area is 166 Å². The highest BCUT2D eigenvalue weighted by molar-refractivity contribution is 7.99. The summed E-state index contributed by atoms with van der Waals surface area (Å²) in [7, 11) is 1.54. The van der Waals surface area contributed by atoms with Gasteiger partial charge in [-0.2, -0.15) is 0 Å². The van der Waals surface area contributed by atoms with Gasteiger partial charge >= 0.3 is 0 Å². The largest absolute Gasteiger partial charge is 0.390 e. The Hall–Kier alpha value is -2.43. The van der Waals surface area contributed by atoms with Crippen molar-refractivity contribution in [1.82, 2.24) is 20.2 Å². The lowest BCUT2D eigenvalue weighted by Gasteiger charge is -2.11. The Morgan fingerprint density at radius 3 is 2.68 bits per heavy atom. The first kappa shape index (κ1) is 21.9. The van der Waals surface area contributed by atoms with E-state index in [0.717, 1.165) is 17.3 Å². The maximum atomic E-state index is 12.9. The molecule has 1 heterocycles. The third-order valence-corrected chi connectivity index (χ3v) is 4.72. The van der Waals surface area contributed by atoms with E-state index in [1.54, 1.807) is 23.8 Å². The molecule has 0 aliphatic rings. The summed E-state index contributed by atoms with van der Waals surface area (Å²) in [5.74, 6) is -0.705. The van der Waals surface area contributed by atoms with Crippen molar-refractivity contribution >= 4 is 23.6 Å². The third kappa shape index (κ3) is 6.95. The number of ether oxygens (including phenoxy) is 1. The Kier molecular flexibility index (Phi) is 8.92. The average molecular weight is 410 g/mol. The highest BCUT2D eigenvalue weighted by atomic mass is 32.2. The molecule has 10 heteroatoms. The number of carbonyl (C=O) groups is 2. The Morgan fingerprint density at radius 1 is 1.25 bits per heavy atom. The molecule has 28 heavy (non-hydrogen) atoms. The summed E-state index contributed by atoms with van der Waals surface area (Å²) in [6.07, 6.45) is 1.47. The third-order valence-electron chi connectivity index (χ3n) is 3.73. The zero-order valence-electron chi connectivity index (χ0n) is 15.5. The quantitative estimate of drug-likeness (QED) is 0.372. The molecular weight excluding hydrogens is 387 g/mol. The van der Waals surface area contributed by atoms with E-state index in [1.165, 1.54) is 18.3 Å². The molecule has 2 rings (SSSR count). The second kappa shape index (κ2) is 11.4. The minimum absolute atomic E-state index is 0.0147. The lowest BCUT2D eigenvalue weighted by molar-refractivity contribution is -0.122. The smallest absolute Gasteiger partial charge is 0.240 e. The number of nitrogens with zero attached hydrogens (tertiary/aromatic N) is 2. The number of halogens is 1. The number of benzene rings is 1. The zero-order chi connectivity index (χ0) is 20.4. The summed E-state index contributed by atoms with van der Waals surface area (Å²) in [5, 5.41) is 15.3. The molecule has 0 aliphatic heterocycles. The number of imidazole rings is 1. The number of aromatic nitrogens is 2. The van der Waals surface area contributed by atoms with Crippen molar-refractivity contribution in [3.63, 3.8) is 0 Å². The van der Waals surface area contributed by atoms with Crippen LogP contribution in [0.3, 0.4) is 0 Å². The molecule has 0 unspecified atom stereocenters. The number of carbonyl (C=O) groups excluding carboxylic acids is 2. The van der Waals surface area contributed by atoms with E-state index in [0.29, 0.717) is 24.0 Å². The molecule has 3 N–H and O–H groups in total. The summed E-state index contributed by atoms with van der Waals surface area (Å²) in [5.41, 5.74) is 1.27. The normalized spacial score (nSPS) is 10.7. The molecule has 1 aromatic carbocycles. The van der Waals surface area contributed by atoms with Gasteiger partial charge in [-0.25, -0.2) is 9.37 Å². The average Bonchev–Trinajstić information content (AvgIpc) is 3.07. The van der Waals surface area contributed by atoms with Crippen LogP contribution in [0.25, 0.3) is 0 Å². The van der Waals surface area contributed by atoms with Gasteiger partial charge in [-0.1, -0.05) is 23.9 Å². The highest BCUT2D eigenvalue weighted by Gasteiger charge is 2.14. The Balaban J connectivity index is 1.87. The minimum Gasteiger partial charge on any atom is -0.390 e. The molecule has 0 bridgehead atoms. The van der Waals surface area contributed by atoms with E-state index in [4.69, 9.17) is 4.74 Å². The summed E-state index contributed by atoms with van der Waals surface area (Å²) < 4.78 is 19.3. The van der Waals surface area contributed by atoms with Gasteiger partial charge in [-0.15, -0.1) is 0 Å². The van der Waals surface area contributed by atoms with Gasteiger partial charge in [-0.05, 0) is 17.7 Å². The lowest BCUT2D eigenvalue weighted by Crippen LogP contribution is -2.31. The van der Waals surface area contributed by atoms with Crippen LogP contribution in [0.2, 0.25) is 0 Å². The van der Waals surface area contributed by atoms with E-state index < -0.39 is 0 Å². The summed E-state index contributed by atoms with van der Waals surface area (Å²) in [6.45, 7) is 0.790. The first-order valence-corrected chi connectivity index (χ1v) is 9.57. The van der Waals surface area contributed by atoms with Gasteiger partial charge in [0.1, 0.15) is 12.4 Å². The fourth-order valence-corrected chi connectivity index (χ4v) is 3.11. The molecule has 1 aromatic heterocycles. The fraction of sp³-hybridized carbons (Fsp3) is 0.389. The molecule has 2 aromatic rings. The molecule has 8 nitrogen and oxygen atoms in total. The zero-order valence-corrected chi connectivity index (χ0v) is 16.3. The van der Waals surface area contributed by atoms with Crippen LogP contribution in [0.4, 0.5) is 4.39 Å². The highest BCUT2D eigenvalue weighted by Crippen LogP contribution is 2.18. The van der Waals surface area contributed by atoms with Crippen molar-refractivity contribution < 1.29 is 23.8 Å². The van der Waals surface area contributed by atoms with Crippen molar-refractivity contribution in [2.75, 3.05) is 26.0 Å². The van der Waals surface area contributed by atoms with Crippen molar-refractivity contribution in [2.24, 2.45) is 0 Å². The number of methoxy groups -OCH3 is 1. The number of hydrogen-bond donors (Lipinski definition) is 3. The van der Waals surface area contributed by atoms with Crippen LogP contribution in [0.1, 0.15) is 11.3 Å². The van der Waals surface area contributed by atoms with Crippen LogP contribution in [-0.2, 0) is 34.0 Å². The summed E-state index contributed by atoms with van der Waals surface area (Å²) in [6, 6.07) is 5.87. The number of aliphatic hydroxyl groups is 1. The lowest BCUT2D eigenvalue weighted by atomic mass is 10.2. The number of aliphatic hydroxyl groups excluding tert-OH is 1. The maximum absolute atomic E-state index is 12.9.